The van der Waals surface area contributed by atoms with E-state index >= 15 is 0 Å². The minimum absolute atomic E-state index is 0.0858. The first-order valence-corrected chi connectivity index (χ1v) is 4.31. The van der Waals surface area contributed by atoms with Crippen molar-refractivity contribution in [3.63, 3.8) is 0 Å². The molecule has 1 aromatic rings. The van der Waals surface area contributed by atoms with Crippen molar-refractivity contribution >= 4 is 12.1 Å². The van der Waals surface area contributed by atoms with Gasteiger partial charge in [-0.3, -0.25) is 4.79 Å². The topological polar surface area (TPSA) is 29.1 Å². The Bertz CT molecular complexity index is 365. The number of benzene rings is 1. The minimum atomic E-state index is -2.56. The zero-order valence-electron chi connectivity index (χ0n) is 7.34. The molecule has 2 rings (SSSR count). The average Bonchev–Trinajstić information content (AvgIpc) is 2.76. The Morgan fingerprint density at radius 2 is 2.21 bits per heavy atom. The summed E-state index contributed by atoms with van der Waals surface area (Å²) in [5.74, 6) is -3.23. The Hall–Kier alpha value is -1.45. The van der Waals surface area contributed by atoms with Crippen molar-refractivity contribution in [2.75, 3.05) is 5.32 Å². The number of rotatable bonds is 3. The van der Waals surface area contributed by atoms with Gasteiger partial charge in [-0.05, 0) is 17.7 Å². The molecule has 1 atom stereocenters. The van der Waals surface area contributed by atoms with Crippen LogP contribution in [0.5, 0.6) is 0 Å². The molecule has 0 spiro atoms. The molecule has 1 aromatic carbocycles. The van der Waals surface area contributed by atoms with Crippen LogP contribution < -0.4 is 5.32 Å². The van der Waals surface area contributed by atoms with Gasteiger partial charge in [-0.15, -0.1) is 0 Å². The predicted octanol–water partition coefficient (Wildman–Crippen LogP) is 2.38. The lowest BCUT2D eigenvalue weighted by atomic mass is 10.1. The van der Waals surface area contributed by atoms with Gasteiger partial charge < -0.3 is 5.32 Å². The Morgan fingerprint density at radius 3 is 2.79 bits per heavy atom. The van der Waals surface area contributed by atoms with Crippen LogP contribution in [0, 0.1) is 0 Å². The number of hydrogen-bond donors (Lipinski definition) is 1. The van der Waals surface area contributed by atoms with Gasteiger partial charge in [0.15, 0.2) is 0 Å². The van der Waals surface area contributed by atoms with Crippen molar-refractivity contribution in [2.24, 2.45) is 0 Å². The van der Waals surface area contributed by atoms with E-state index in [4.69, 9.17) is 0 Å². The first-order chi connectivity index (χ1) is 6.63. The molecule has 14 heavy (non-hydrogen) atoms. The van der Waals surface area contributed by atoms with Crippen molar-refractivity contribution in [1.82, 2.24) is 0 Å². The fourth-order valence-corrected chi connectivity index (χ4v) is 1.49. The third-order valence-corrected chi connectivity index (χ3v) is 2.34. The lowest BCUT2D eigenvalue weighted by Crippen LogP contribution is -1.96. The number of amides is 1. The summed E-state index contributed by atoms with van der Waals surface area (Å²) >= 11 is 0. The van der Waals surface area contributed by atoms with Crippen molar-refractivity contribution in [3.8, 4) is 0 Å². The molecule has 0 bridgehead atoms. The van der Waals surface area contributed by atoms with Crippen LogP contribution in [0.15, 0.2) is 24.3 Å². The highest BCUT2D eigenvalue weighted by molar-refractivity contribution is 5.71. The second-order valence-electron chi connectivity index (χ2n) is 3.41. The van der Waals surface area contributed by atoms with Crippen LogP contribution in [0.4, 0.5) is 14.5 Å². The van der Waals surface area contributed by atoms with Crippen LogP contribution in [0.2, 0.25) is 0 Å². The molecule has 0 saturated heterocycles. The summed E-state index contributed by atoms with van der Waals surface area (Å²) in [7, 11) is 0. The van der Waals surface area contributed by atoms with Crippen LogP contribution in [0.3, 0.4) is 0 Å². The van der Waals surface area contributed by atoms with Gasteiger partial charge in [-0.1, -0.05) is 12.1 Å². The normalized spacial score (nSPS) is 22.9. The highest BCUT2D eigenvalue weighted by atomic mass is 19.3. The highest BCUT2D eigenvalue weighted by Crippen LogP contribution is 2.55. The van der Waals surface area contributed by atoms with Crippen LogP contribution in [-0.4, -0.2) is 12.3 Å². The number of hydrogen-bond acceptors (Lipinski definition) is 1. The molecule has 1 saturated carbocycles. The van der Waals surface area contributed by atoms with Gasteiger partial charge in [0.2, 0.25) is 6.41 Å². The molecule has 0 aromatic heterocycles. The lowest BCUT2D eigenvalue weighted by molar-refractivity contribution is -0.105. The Balaban J connectivity index is 2.19. The molecule has 2 nitrogen and oxygen atoms in total. The monoisotopic (exact) mass is 197 g/mol. The molecule has 0 aliphatic heterocycles. The maximum absolute atomic E-state index is 12.7. The lowest BCUT2D eigenvalue weighted by Gasteiger charge is -2.02. The molecule has 1 N–H and O–H groups in total. The smallest absolute Gasteiger partial charge is 0.255 e. The van der Waals surface area contributed by atoms with E-state index in [1.807, 2.05) is 0 Å². The van der Waals surface area contributed by atoms with Crippen molar-refractivity contribution in [3.05, 3.63) is 29.8 Å². The Morgan fingerprint density at radius 1 is 1.50 bits per heavy atom. The number of halogens is 2. The van der Waals surface area contributed by atoms with Crippen molar-refractivity contribution in [2.45, 2.75) is 18.3 Å². The summed E-state index contributed by atoms with van der Waals surface area (Å²) in [4.78, 5) is 10.1. The number of anilines is 1. The van der Waals surface area contributed by atoms with E-state index in [2.05, 4.69) is 5.32 Å². The summed E-state index contributed by atoms with van der Waals surface area (Å²) < 4.78 is 25.4. The molecule has 74 valence electrons. The van der Waals surface area contributed by atoms with E-state index in [1.54, 1.807) is 24.3 Å². The zero-order chi connectivity index (χ0) is 10.2. The predicted molar refractivity (Wildman–Crippen MR) is 48.4 cm³/mol. The molecule has 1 fully saturated rings. The fourth-order valence-electron chi connectivity index (χ4n) is 1.49. The average molecular weight is 197 g/mol. The van der Waals surface area contributed by atoms with Gasteiger partial charge in [0.1, 0.15) is 0 Å². The molecule has 1 amide bonds. The molecular formula is C10H9F2NO. The van der Waals surface area contributed by atoms with Crippen molar-refractivity contribution in [1.29, 1.82) is 0 Å². The summed E-state index contributed by atoms with van der Waals surface area (Å²) in [5.41, 5.74) is 1.14. The van der Waals surface area contributed by atoms with Crippen molar-refractivity contribution < 1.29 is 13.6 Å². The number of alkyl halides is 2. The maximum Gasteiger partial charge on any atom is 0.255 e. The molecule has 0 heterocycles. The first kappa shape index (κ1) is 9.12. The Kier molecular flexibility index (Phi) is 1.98. The summed E-state index contributed by atoms with van der Waals surface area (Å²) in [6.45, 7) is 0. The molecule has 4 heteroatoms. The number of carbonyl (C=O) groups is 1. The molecule has 1 unspecified atom stereocenters. The van der Waals surface area contributed by atoms with Gasteiger partial charge in [0.05, 0.1) is 5.92 Å². The standard InChI is InChI=1S/C10H9F2NO/c11-10(12)5-9(10)7-2-1-3-8(4-7)13-6-14/h1-4,6,9H,5H2,(H,13,14). The minimum Gasteiger partial charge on any atom is -0.329 e. The molecular weight excluding hydrogens is 188 g/mol. The summed E-state index contributed by atoms with van der Waals surface area (Å²) in [5, 5.41) is 2.43. The summed E-state index contributed by atoms with van der Waals surface area (Å²) in [6.07, 6.45) is 0.446. The highest BCUT2D eigenvalue weighted by Gasteiger charge is 2.57. The van der Waals surface area contributed by atoms with Crippen LogP contribution in [-0.2, 0) is 4.79 Å². The van der Waals surface area contributed by atoms with Gasteiger partial charge >= 0.3 is 0 Å². The van der Waals surface area contributed by atoms with E-state index in [-0.39, 0.29) is 6.42 Å². The van der Waals surface area contributed by atoms with E-state index in [1.165, 1.54) is 0 Å². The summed E-state index contributed by atoms with van der Waals surface area (Å²) in [6, 6.07) is 6.57. The largest absolute Gasteiger partial charge is 0.329 e. The number of nitrogens with one attached hydrogen (secondary N) is 1. The molecule has 1 aliphatic rings. The van der Waals surface area contributed by atoms with Crippen LogP contribution in [0.1, 0.15) is 17.9 Å². The SMILES string of the molecule is O=CNc1cccc(C2CC2(F)F)c1. The maximum atomic E-state index is 12.7. The number of carbonyl (C=O) groups excluding carboxylic acids is 1. The Labute approximate surface area is 79.9 Å². The third-order valence-electron chi connectivity index (χ3n) is 2.34. The quantitative estimate of drug-likeness (QED) is 0.740. The van der Waals surface area contributed by atoms with E-state index in [9.17, 15) is 13.6 Å². The third kappa shape index (κ3) is 1.60. The second-order valence-corrected chi connectivity index (χ2v) is 3.41. The molecule has 0 radical (unpaired) electrons. The zero-order valence-corrected chi connectivity index (χ0v) is 7.34. The van der Waals surface area contributed by atoms with E-state index in [0.29, 0.717) is 17.7 Å². The van der Waals surface area contributed by atoms with E-state index in [0.717, 1.165) is 0 Å². The van der Waals surface area contributed by atoms with Gasteiger partial charge in [-0.25, -0.2) is 8.78 Å². The van der Waals surface area contributed by atoms with Crippen LogP contribution in [0.25, 0.3) is 0 Å². The second kappa shape index (κ2) is 3.04. The van der Waals surface area contributed by atoms with E-state index < -0.39 is 11.8 Å². The fraction of sp³-hybridized carbons (Fsp3) is 0.300. The van der Waals surface area contributed by atoms with Gasteiger partial charge in [0.25, 0.3) is 5.92 Å². The van der Waals surface area contributed by atoms with Gasteiger partial charge in [0, 0.05) is 12.1 Å². The molecule has 1 aliphatic carbocycles. The van der Waals surface area contributed by atoms with Gasteiger partial charge in [-0.2, -0.15) is 0 Å². The van der Waals surface area contributed by atoms with Crippen LogP contribution >= 0.6 is 0 Å². The first-order valence-electron chi connectivity index (χ1n) is 4.31.